The largest absolute Gasteiger partial charge is 0.475 e. The molecule has 0 unspecified atom stereocenters. The van der Waals surface area contributed by atoms with Gasteiger partial charge in [-0.1, -0.05) is 0 Å². The maximum absolute atomic E-state index is 11.4. The number of carbonyl (C=O) groups excluding carboxylic acids is 1. The molecule has 0 aliphatic heterocycles. The lowest BCUT2D eigenvalue weighted by molar-refractivity contribution is 0.0601. The van der Waals surface area contributed by atoms with E-state index in [0.29, 0.717) is 6.61 Å². The quantitative estimate of drug-likeness (QED) is 0.749. The van der Waals surface area contributed by atoms with E-state index >= 15 is 0 Å². The molecule has 0 amide bonds. The van der Waals surface area contributed by atoms with Crippen LogP contribution in [0, 0.1) is 0 Å². The van der Waals surface area contributed by atoms with Crippen LogP contribution in [-0.2, 0) is 4.74 Å². The molecule has 6 nitrogen and oxygen atoms in total. The lowest BCUT2D eigenvalue weighted by Gasteiger charge is -2.12. The molecular formula is C11H17N3O3. The average Bonchev–Trinajstić information content (AvgIpc) is 2.30. The van der Waals surface area contributed by atoms with E-state index < -0.39 is 5.97 Å². The van der Waals surface area contributed by atoms with Gasteiger partial charge in [-0.15, -0.1) is 0 Å². The third-order valence-corrected chi connectivity index (χ3v) is 2.14. The molecule has 0 bridgehead atoms. The summed E-state index contributed by atoms with van der Waals surface area (Å²) < 4.78 is 10.0. The predicted octanol–water partition coefficient (Wildman–Crippen LogP) is 0.391. The van der Waals surface area contributed by atoms with Gasteiger partial charge in [-0.05, 0) is 20.2 Å². The number of pyridine rings is 1. The van der Waals surface area contributed by atoms with Gasteiger partial charge in [-0.3, -0.25) is 0 Å². The van der Waals surface area contributed by atoms with Gasteiger partial charge in [0.2, 0.25) is 5.88 Å². The Hall–Kier alpha value is -1.82. The summed E-state index contributed by atoms with van der Waals surface area (Å²) in [6.07, 6.45) is 1.47. The molecule has 0 aliphatic rings. The summed E-state index contributed by atoms with van der Waals surface area (Å²) in [5.74, 6) is -0.239. The molecular weight excluding hydrogens is 222 g/mol. The van der Waals surface area contributed by atoms with Crippen molar-refractivity contribution in [3.05, 3.63) is 17.8 Å². The minimum atomic E-state index is -0.498. The number of nitrogens with two attached hydrogens (primary N) is 1. The lowest BCUT2D eigenvalue weighted by Crippen LogP contribution is -2.20. The van der Waals surface area contributed by atoms with Crippen LogP contribution in [0.5, 0.6) is 5.88 Å². The summed E-state index contributed by atoms with van der Waals surface area (Å²) in [5.41, 5.74) is 6.25. The molecule has 1 heterocycles. The van der Waals surface area contributed by atoms with E-state index in [4.69, 9.17) is 10.5 Å². The van der Waals surface area contributed by atoms with Gasteiger partial charge >= 0.3 is 5.97 Å². The minimum absolute atomic E-state index is 0.207. The van der Waals surface area contributed by atoms with Crippen molar-refractivity contribution in [1.82, 2.24) is 9.88 Å². The number of rotatable bonds is 5. The van der Waals surface area contributed by atoms with Crippen LogP contribution in [-0.4, -0.2) is 50.2 Å². The van der Waals surface area contributed by atoms with Crippen LogP contribution in [0.15, 0.2) is 12.3 Å². The van der Waals surface area contributed by atoms with E-state index in [-0.39, 0.29) is 17.1 Å². The predicted molar refractivity (Wildman–Crippen MR) is 64.0 cm³/mol. The lowest BCUT2D eigenvalue weighted by atomic mass is 10.2. The van der Waals surface area contributed by atoms with E-state index in [1.54, 1.807) is 0 Å². The van der Waals surface area contributed by atoms with Crippen LogP contribution >= 0.6 is 0 Å². The highest BCUT2D eigenvalue weighted by Crippen LogP contribution is 2.22. The molecule has 6 heteroatoms. The molecule has 0 saturated carbocycles. The Bertz CT molecular complexity index is 394. The standard InChI is InChI=1S/C11H17N3O3/c1-14(2)6-7-17-10-9(12)8(4-5-13-10)11(15)16-3/h4-5H,6-7,12H2,1-3H3. The normalized spacial score (nSPS) is 10.4. The number of nitrogens with zero attached hydrogens (tertiary/aromatic N) is 2. The van der Waals surface area contributed by atoms with Gasteiger partial charge in [0.25, 0.3) is 0 Å². The molecule has 0 aliphatic carbocycles. The number of likely N-dealkylation sites (N-methyl/N-ethyl adjacent to an activating group) is 1. The monoisotopic (exact) mass is 239 g/mol. The Morgan fingerprint density at radius 2 is 2.24 bits per heavy atom. The van der Waals surface area contributed by atoms with E-state index in [2.05, 4.69) is 9.72 Å². The maximum Gasteiger partial charge on any atom is 0.340 e. The van der Waals surface area contributed by atoms with Crippen LogP contribution in [0.2, 0.25) is 0 Å². The Labute approximate surface area is 100 Å². The molecule has 94 valence electrons. The zero-order chi connectivity index (χ0) is 12.8. The fourth-order valence-corrected chi connectivity index (χ4v) is 1.18. The summed E-state index contributed by atoms with van der Waals surface area (Å²) in [4.78, 5) is 17.3. The Morgan fingerprint density at radius 1 is 1.53 bits per heavy atom. The SMILES string of the molecule is COC(=O)c1ccnc(OCCN(C)C)c1N. The second-order valence-corrected chi connectivity index (χ2v) is 3.72. The van der Waals surface area contributed by atoms with Gasteiger partial charge in [0.15, 0.2) is 0 Å². The fourth-order valence-electron chi connectivity index (χ4n) is 1.18. The maximum atomic E-state index is 11.4. The Balaban J connectivity index is 2.76. The van der Waals surface area contributed by atoms with Crippen LogP contribution in [0.1, 0.15) is 10.4 Å². The van der Waals surface area contributed by atoms with Crippen LogP contribution in [0.3, 0.4) is 0 Å². The summed E-state index contributed by atoms with van der Waals surface area (Å²) in [6.45, 7) is 1.19. The highest BCUT2D eigenvalue weighted by atomic mass is 16.5. The second kappa shape index (κ2) is 6.05. The molecule has 0 atom stereocenters. The van der Waals surface area contributed by atoms with Crippen molar-refractivity contribution in [2.45, 2.75) is 0 Å². The van der Waals surface area contributed by atoms with Gasteiger partial charge in [0, 0.05) is 12.7 Å². The smallest absolute Gasteiger partial charge is 0.340 e. The highest BCUT2D eigenvalue weighted by molar-refractivity contribution is 5.95. The molecule has 0 spiro atoms. The van der Waals surface area contributed by atoms with Crippen molar-refractivity contribution in [1.29, 1.82) is 0 Å². The van der Waals surface area contributed by atoms with E-state index in [0.717, 1.165) is 6.54 Å². The number of ether oxygens (including phenoxy) is 2. The summed E-state index contributed by atoms with van der Waals surface area (Å²) >= 11 is 0. The number of hydrogen-bond acceptors (Lipinski definition) is 6. The van der Waals surface area contributed by atoms with E-state index in [1.165, 1.54) is 19.4 Å². The van der Waals surface area contributed by atoms with Crippen molar-refractivity contribution in [2.24, 2.45) is 0 Å². The number of esters is 1. The van der Waals surface area contributed by atoms with Gasteiger partial charge in [-0.2, -0.15) is 0 Å². The molecule has 0 saturated heterocycles. The fraction of sp³-hybridized carbons (Fsp3) is 0.455. The Kier molecular flexibility index (Phi) is 4.71. The summed E-state index contributed by atoms with van der Waals surface area (Å²) in [6, 6.07) is 1.50. The zero-order valence-corrected chi connectivity index (χ0v) is 10.3. The zero-order valence-electron chi connectivity index (χ0n) is 10.3. The minimum Gasteiger partial charge on any atom is -0.475 e. The van der Waals surface area contributed by atoms with Crippen LogP contribution in [0.4, 0.5) is 5.69 Å². The molecule has 1 aromatic rings. The molecule has 1 aromatic heterocycles. The number of anilines is 1. The first kappa shape index (κ1) is 13.2. The first-order valence-electron chi connectivity index (χ1n) is 5.16. The number of methoxy groups -OCH3 is 1. The van der Waals surface area contributed by atoms with Crippen molar-refractivity contribution in [3.63, 3.8) is 0 Å². The van der Waals surface area contributed by atoms with E-state index in [1.807, 2.05) is 19.0 Å². The van der Waals surface area contributed by atoms with Gasteiger partial charge in [0.1, 0.15) is 12.3 Å². The highest BCUT2D eigenvalue weighted by Gasteiger charge is 2.14. The first-order chi connectivity index (χ1) is 8.06. The van der Waals surface area contributed by atoms with Gasteiger partial charge < -0.3 is 20.1 Å². The summed E-state index contributed by atoms with van der Waals surface area (Å²) in [5, 5.41) is 0. The van der Waals surface area contributed by atoms with Crippen molar-refractivity contribution < 1.29 is 14.3 Å². The topological polar surface area (TPSA) is 77.7 Å². The summed E-state index contributed by atoms with van der Waals surface area (Å²) in [7, 11) is 5.17. The van der Waals surface area contributed by atoms with Crippen LogP contribution in [0.25, 0.3) is 0 Å². The van der Waals surface area contributed by atoms with E-state index in [9.17, 15) is 4.79 Å². The molecule has 17 heavy (non-hydrogen) atoms. The van der Waals surface area contributed by atoms with Crippen molar-refractivity contribution in [2.75, 3.05) is 40.1 Å². The average molecular weight is 239 g/mol. The molecule has 2 N–H and O–H groups in total. The number of aromatic nitrogens is 1. The molecule has 0 radical (unpaired) electrons. The first-order valence-corrected chi connectivity index (χ1v) is 5.16. The van der Waals surface area contributed by atoms with Gasteiger partial charge in [0.05, 0.1) is 12.7 Å². The van der Waals surface area contributed by atoms with Crippen molar-refractivity contribution >= 4 is 11.7 Å². The van der Waals surface area contributed by atoms with Gasteiger partial charge in [-0.25, -0.2) is 9.78 Å². The number of carbonyl (C=O) groups is 1. The van der Waals surface area contributed by atoms with Crippen LogP contribution < -0.4 is 10.5 Å². The second-order valence-electron chi connectivity index (χ2n) is 3.72. The molecule has 0 aromatic carbocycles. The number of nitrogen functional groups attached to an aromatic ring is 1. The third kappa shape index (κ3) is 3.60. The number of hydrogen-bond donors (Lipinski definition) is 1. The molecule has 1 rings (SSSR count). The Morgan fingerprint density at radius 3 is 2.82 bits per heavy atom. The molecule has 0 fully saturated rings. The third-order valence-electron chi connectivity index (χ3n) is 2.14. The van der Waals surface area contributed by atoms with Crippen molar-refractivity contribution in [3.8, 4) is 5.88 Å².